The summed E-state index contributed by atoms with van der Waals surface area (Å²) in [6, 6.07) is 11.0. The maximum Gasteiger partial charge on any atom is 0.164 e. The molecule has 1 aromatic heterocycles. The number of nitrogens with one attached hydrogen (secondary N) is 1. The highest BCUT2D eigenvalue weighted by Gasteiger charge is 2.17. The van der Waals surface area contributed by atoms with Crippen LogP contribution in [0.4, 0.5) is 0 Å². The van der Waals surface area contributed by atoms with Crippen molar-refractivity contribution in [2.75, 3.05) is 33.9 Å². The Morgan fingerprint density at radius 3 is 2.78 bits per heavy atom. The molecule has 0 aliphatic rings. The van der Waals surface area contributed by atoms with Crippen LogP contribution < -0.4 is 14.8 Å². The average molecular weight is 337 g/mol. The summed E-state index contributed by atoms with van der Waals surface area (Å²) in [4.78, 5) is 4.36. The van der Waals surface area contributed by atoms with Gasteiger partial charge in [-0.3, -0.25) is 4.98 Å². The maximum atomic E-state index is 6.07. The quantitative estimate of drug-likeness (QED) is 0.713. The average Bonchev–Trinajstić information content (AvgIpc) is 2.59. The van der Waals surface area contributed by atoms with Crippen LogP contribution in [-0.2, 0) is 4.74 Å². The Morgan fingerprint density at radius 2 is 2.09 bits per heavy atom. The molecular formula is C17H21ClN2O3. The first kappa shape index (κ1) is 17.5. The van der Waals surface area contributed by atoms with Crippen LogP contribution in [0, 0.1) is 0 Å². The fourth-order valence-electron chi connectivity index (χ4n) is 2.00. The van der Waals surface area contributed by atoms with Gasteiger partial charge in [0.15, 0.2) is 17.6 Å². The summed E-state index contributed by atoms with van der Waals surface area (Å²) in [6.07, 6.45) is 1.40. The highest BCUT2D eigenvalue weighted by Crippen LogP contribution is 2.33. The fourth-order valence-corrected chi connectivity index (χ4v) is 2.16. The summed E-state index contributed by atoms with van der Waals surface area (Å²) in [5, 5.41) is 3.63. The molecule has 1 unspecified atom stereocenters. The van der Waals surface area contributed by atoms with E-state index >= 15 is 0 Å². The van der Waals surface area contributed by atoms with E-state index in [1.165, 1.54) is 0 Å². The van der Waals surface area contributed by atoms with E-state index in [0.29, 0.717) is 29.7 Å². The van der Waals surface area contributed by atoms with E-state index in [4.69, 9.17) is 25.8 Å². The van der Waals surface area contributed by atoms with Gasteiger partial charge in [-0.25, -0.2) is 0 Å². The van der Waals surface area contributed by atoms with Crippen LogP contribution in [0.5, 0.6) is 11.5 Å². The Balaban J connectivity index is 2.14. The zero-order chi connectivity index (χ0) is 16.5. The summed E-state index contributed by atoms with van der Waals surface area (Å²) in [7, 11) is 3.46. The number of pyridine rings is 1. The molecule has 0 saturated carbocycles. The lowest BCUT2D eigenvalue weighted by molar-refractivity contribution is 0.0480. The minimum atomic E-state index is -0.330. The maximum absolute atomic E-state index is 6.07. The molecule has 2 aromatic rings. The molecule has 0 bridgehead atoms. The Hall–Kier alpha value is -1.82. The molecule has 1 atom stereocenters. The van der Waals surface area contributed by atoms with Crippen molar-refractivity contribution in [3.8, 4) is 11.5 Å². The van der Waals surface area contributed by atoms with E-state index < -0.39 is 0 Å². The van der Waals surface area contributed by atoms with E-state index in [2.05, 4.69) is 10.3 Å². The van der Waals surface area contributed by atoms with Crippen LogP contribution in [0.1, 0.15) is 11.8 Å². The van der Waals surface area contributed by atoms with Crippen molar-refractivity contribution in [1.29, 1.82) is 0 Å². The number of likely N-dealkylation sites (N-methyl/N-ethyl adjacent to an activating group) is 1. The predicted octanol–water partition coefficient (Wildman–Crippen LogP) is 3.10. The van der Waals surface area contributed by atoms with Gasteiger partial charge in [0.1, 0.15) is 0 Å². The van der Waals surface area contributed by atoms with Crippen LogP contribution in [0.2, 0.25) is 5.02 Å². The van der Waals surface area contributed by atoms with Gasteiger partial charge in [0.2, 0.25) is 0 Å². The zero-order valence-corrected chi connectivity index (χ0v) is 14.0. The third-order valence-corrected chi connectivity index (χ3v) is 3.41. The number of hydrogen-bond acceptors (Lipinski definition) is 5. The summed E-state index contributed by atoms with van der Waals surface area (Å²) in [5.41, 5.74) is 0.800. The first-order valence-corrected chi connectivity index (χ1v) is 7.76. The van der Waals surface area contributed by atoms with Crippen LogP contribution >= 0.6 is 11.6 Å². The van der Waals surface area contributed by atoms with Gasteiger partial charge in [-0.15, -0.1) is 0 Å². The van der Waals surface area contributed by atoms with Crippen molar-refractivity contribution >= 4 is 11.6 Å². The molecule has 1 heterocycles. The molecule has 0 spiro atoms. The number of aromatic nitrogens is 1. The van der Waals surface area contributed by atoms with Crippen LogP contribution in [-0.4, -0.2) is 38.9 Å². The minimum absolute atomic E-state index is 0.330. The molecular weight excluding hydrogens is 316 g/mol. The van der Waals surface area contributed by atoms with Gasteiger partial charge in [0.05, 0.1) is 26.0 Å². The Labute approximate surface area is 141 Å². The molecule has 23 heavy (non-hydrogen) atoms. The standard InChI is InChI=1S/C17H21ClN2O3/c1-19-9-10-22-12-17(14-5-3-4-8-20-14)23-15-7-6-13(18)11-16(15)21-2/h3-8,11,17,19H,9-10,12H2,1-2H3. The van der Waals surface area contributed by atoms with Crippen LogP contribution in [0.25, 0.3) is 0 Å². The van der Waals surface area contributed by atoms with E-state index in [0.717, 1.165) is 12.2 Å². The lowest BCUT2D eigenvalue weighted by Crippen LogP contribution is -2.20. The topological polar surface area (TPSA) is 52.6 Å². The molecule has 6 heteroatoms. The monoisotopic (exact) mass is 336 g/mol. The van der Waals surface area contributed by atoms with E-state index in [-0.39, 0.29) is 6.10 Å². The second kappa shape index (κ2) is 9.35. The summed E-state index contributed by atoms with van der Waals surface area (Å²) in [6.45, 7) is 1.77. The normalized spacial score (nSPS) is 12.0. The number of benzene rings is 1. The van der Waals surface area contributed by atoms with E-state index in [9.17, 15) is 0 Å². The number of hydrogen-bond donors (Lipinski definition) is 1. The lowest BCUT2D eigenvalue weighted by Gasteiger charge is -2.20. The number of methoxy groups -OCH3 is 1. The molecule has 2 rings (SSSR count). The SMILES string of the molecule is CNCCOCC(Oc1ccc(Cl)cc1OC)c1ccccn1. The number of halogens is 1. The first-order valence-electron chi connectivity index (χ1n) is 7.38. The molecule has 0 fully saturated rings. The number of ether oxygens (including phenoxy) is 3. The molecule has 0 aliphatic heterocycles. The van der Waals surface area contributed by atoms with Crippen molar-refractivity contribution < 1.29 is 14.2 Å². The van der Waals surface area contributed by atoms with Crippen molar-refractivity contribution in [2.24, 2.45) is 0 Å². The smallest absolute Gasteiger partial charge is 0.164 e. The Bertz CT molecular complexity index is 596. The van der Waals surface area contributed by atoms with Gasteiger partial charge in [-0.2, -0.15) is 0 Å². The van der Waals surface area contributed by atoms with Gasteiger partial charge < -0.3 is 19.5 Å². The predicted molar refractivity (Wildman–Crippen MR) is 90.4 cm³/mol. The van der Waals surface area contributed by atoms with Gasteiger partial charge in [0.25, 0.3) is 0 Å². The molecule has 0 aliphatic carbocycles. The third-order valence-electron chi connectivity index (χ3n) is 3.18. The highest BCUT2D eigenvalue weighted by molar-refractivity contribution is 6.30. The van der Waals surface area contributed by atoms with Crippen molar-refractivity contribution in [3.05, 3.63) is 53.3 Å². The highest BCUT2D eigenvalue weighted by atomic mass is 35.5. The van der Waals surface area contributed by atoms with Crippen molar-refractivity contribution in [3.63, 3.8) is 0 Å². The zero-order valence-electron chi connectivity index (χ0n) is 13.3. The van der Waals surface area contributed by atoms with E-state index in [1.54, 1.807) is 31.5 Å². The minimum Gasteiger partial charge on any atom is -0.493 e. The molecule has 0 saturated heterocycles. The van der Waals surface area contributed by atoms with Crippen LogP contribution in [0.3, 0.4) is 0 Å². The first-order chi connectivity index (χ1) is 11.2. The fraction of sp³-hybridized carbons (Fsp3) is 0.353. The molecule has 0 radical (unpaired) electrons. The molecule has 5 nitrogen and oxygen atoms in total. The Morgan fingerprint density at radius 1 is 1.22 bits per heavy atom. The summed E-state index contributed by atoms with van der Waals surface area (Å²) < 4.78 is 17.1. The van der Waals surface area contributed by atoms with Crippen molar-refractivity contribution in [1.82, 2.24) is 10.3 Å². The van der Waals surface area contributed by atoms with Gasteiger partial charge in [-0.1, -0.05) is 17.7 Å². The second-order valence-corrected chi connectivity index (χ2v) is 5.27. The van der Waals surface area contributed by atoms with Crippen molar-refractivity contribution in [2.45, 2.75) is 6.10 Å². The Kier molecular flexibility index (Phi) is 7.13. The molecule has 1 aromatic carbocycles. The van der Waals surface area contributed by atoms with Gasteiger partial charge >= 0.3 is 0 Å². The largest absolute Gasteiger partial charge is 0.493 e. The lowest BCUT2D eigenvalue weighted by atomic mass is 10.2. The van der Waals surface area contributed by atoms with Gasteiger partial charge in [0, 0.05) is 23.8 Å². The van der Waals surface area contributed by atoms with Gasteiger partial charge in [-0.05, 0) is 31.3 Å². The van der Waals surface area contributed by atoms with E-state index in [1.807, 2.05) is 25.2 Å². The molecule has 124 valence electrons. The third kappa shape index (κ3) is 5.39. The number of nitrogens with zero attached hydrogens (tertiary/aromatic N) is 1. The molecule has 0 amide bonds. The number of rotatable bonds is 9. The molecule has 1 N–H and O–H groups in total. The second-order valence-electron chi connectivity index (χ2n) is 4.83. The van der Waals surface area contributed by atoms with Crippen LogP contribution in [0.15, 0.2) is 42.6 Å². The summed E-state index contributed by atoms with van der Waals surface area (Å²) in [5.74, 6) is 1.18. The summed E-state index contributed by atoms with van der Waals surface area (Å²) >= 11 is 5.99.